The average molecular weight is 321 g/mol. The number of hydrogen-bond acceptors (Lipinski definition) is 5. The molecule has 1 aromatic carbocycles. The number of anilines is 1. The summed E-state index contributed by atoms with van der Waals surface area (Å²) in [5.74, 6) is 1.60. The van der Waals surface area contributed by atoms with Gasteiger partial charge in [0.15, 0.2) is 11.5 Å². The third kappa shape index (κ3) is 1.90. The standard InChI is InChI=1S/C17H15N5O2/c1-10(23)21-8-14-15(17-19-16(20-24-17)11-6-7-11)18-9-22(14)13-5-3-2-4-12(13)21/h2-5,9,11H,6-8H2,1H3. The number of rotatable bonds is 2. The molecule has 1 aliphatic heterocycles. The van der Waals surface area contributed by atoms with Gasteiger partial charge >= 0.3 is 0 Å². The van der Waals surface area contributed by atoms with Crippen LogP contribution in [0.4, 0.5) is 5.69 Å². The molecule has 0 spiro atoms. The molecule has 24 heavy (non-hydrogen) atoms. The summed E-state index contributed by atoms with van der Waals surface area (Å²) in [6.45, 7) is 2.00. The van der Waals surface area contributed by atoms with Crippen LogP contribution in [0.25, 0.3) is 17.3 Å². The van der Waals surface area contributed by atoms with Crippen LogP contribution in [0.2, 0.25) is 0 Å². The molecular formula is C17H15N5O2. The van der Waals surface area contributed by atoms with E-state index in [0.717, 1.165) is 35.7 Å². The van der Waals surface area contributed by atoms with Gasteiger partial charge in [0, 0.05) is 12.8 Å². The predicted octanol–water partition coefficient (Wildman–Crippen LogP) is 2.67. The number of carbonyl (C=O) groups is 1. The van der Waals surface area contributed by atoms with E-state index >= 15 is 0 Å². The molecule has 3 aromatic rings. The fourth-order valence-corrected chi connectivity index (χ4v) is 3.16. The van der Waals surface area contributed by atoms with Crippen LogP contribution in [0.5, 0.6) is 0 Å². The highest BCUT2D eigenvalue weighted by Gasteiger charge is 2.32. The lowest BCUT2D eigenvalue weighted by Crippen LogP contribution is -2.33. The smallest absolute Gasteiger partial charge is 0.278 e. The monoisotopic (exact) mass is 321 g/mol. The zero-order valence-corrected chi connectivity index (χ0v) is 13.1. The number of carbonyl (C=O) groups excluding carboxylic acids is 1. The molecule has 1 amide bonds. The lowest BCUT2D eigenvalue weighted by molar-refractivity contribution is -0.116. The van der Waals surface area contributed by atoms with Gasteiger partial charge in [0.25, 0.3) is 5.89 Å². The van der Waals surface area contributed by atoms with Gasteiger partial charge in [0.1, 0.15) is 6.33 Å². The summed E-state index contributed by atoms with van der Waals surface area (Å²) >= 11 is 0. The second kappa shape index (κ2) is 4.77. The van der Waals surface area contributed by atoms with E-state index in [-0.39, 0.29) is 5.91 Å². The number of aromatic nitrogens is 4. The van der Waals surface area contributed by atoms with E-state index in [1.165, 1.54) is 0 Å². The van der Waals surface area contributed by atoms with Crippen molar-refractivity contribution in [1.29, 1.82) is 0 Å². The zero-order valence-electron chi connectivity index (χ0n) is 13.1. The minimum atomic E-state index is -0.00921. The Morgan fingerprint density at radius 2 is 2.04 bits per heavy atom. The van der Waals surface area contributed by atoms with E-state index in [9.17, 15) is 4.79 Å². The first-order chi connectivity index (χ1) is 11.7. The molecule has 5 rings (SSSR count). The molecule has 0 unspecified atom stereocenters. The highest BCUT2D eigenvalue weighted by atomic mass is 16.5. The fourth-order valence-electron chi connectivity index (χ4n) is 3.16. The van der Waals surface area contributed by atoms with Gasteiger partial charge in [0.2, 0.25) is 5.91 Å². The van der Waals surface area contributed by atoms with Crippen molar-refractivity contribution < 1.29 is 9.32 Å². The molecule has 1 saturated carbocycles. The molecule has 120 valence electrons. The maximum atomic E-state index is 12.1. The lowest BCUT2D eigenvalue weighted by atomic mass is 10.1. The fraction of sp³-hybridized carbons (Fsp3) is 0.294. The molecular weight excluding hydrogens is 306 g/mol. The minimum absolute atomic E-state index is 0.00921. The number of fused-ring (bicyclic) bond motifs is 3. The van der Waals surface area contributed by atoms with Crippen LogP contribution in [0.15, 0.2) is 35.1 Å². The second-order valence-electron chi connectivity index (χ2n) is 6.24. The second-order valence-corrected chi connectivity index (χ2v) is 6.24. The molecule has 0 atom stereocenters. The Morgan fingerprint density at radius 1 is 1.25 bits per heavy atom. The van der Waals surface area contributed by atoms with E-state index in [0.29, 0.717) is 24.0 Å². The third-order valence-electron chi connectivity index (χ3n) is 4.57. The molecule has 7 nitrogen and oxygen atoms in total. The molecule has 0 N–H and O–H groups in total. The van der Waals surface area contributed by atoms with E-state index in [1.54, 1.807) is 18.2 Å². The van der Waals surface area contributed by atoms with Crippen molar-refractivity contribution >= 4 is 11.6 Å². The Hall–Kier alpha value is -2.96. The Kier molecular flexibility index (Phi) is 2.68. The van der Waals surface area contributed by atoms with Crippen molar-refractivity contribution in [2.75, 3.05) is 4.90 Å². The Bertz CT molecular complexity index is 954. The van der Waals surface area contributed by atoms with Gasteiger partial charge in [-0.15, -0.1) is 0 Å². The first-order valence-corrected chi connectivity index (χ1v) is 8.00. The van der Waals surface area contributed by atoms with E-state index in [1.807, 2.05) is 28.8 Å². The molecule has 3 heterocycles. The minimum Gasteiger partial charge on any atom is -0.332 e. The van der Waals surface area contributed by atoms with Crippen LogP contribution in [-0.2, 0) is 11.3 Å². The summed E-state index contributed by atoms with van der Waals surface area (Å²) in [4.78, 5) is 22.8. The summed E-state index contributed by atoms with van der Waals surface area (Å²) in [6.07, 6.45) is 3.99. The van der Waals surface area contributed by atoms with Crippen molar-refractivity contribution in [3.05, 3.63) is 42.1 Å². The Labute approximate surface area is 137 Å². The topological polar surface area (TPSA) is 77.1 Å². The molecule has 0 radical (unpaired) electrons. The number of nitrogens with zero attached hydrogens (tertiary/aromatic N) is 5. The third-order valence-corrected chi connectivity index (χ3v) is 4.57. The average Bonchev–Trinajstić information content (AvgIpc) is 3.17. The van der Waals surface area contributed by atoms with Crippen LogP contribution in [0.3, 0.4) is 0 Å². The van der Waals surface area contributed by atoms with Crippen LogP contribution in [0, 0.1) is 0 Å². The number of benzene rings is 1. The predicted molar refractivity (Wildman–Crippen MR) is 85.7 cm³/mol. The highest BCUT2D eigenvalue weighted by Crippen LogP contribution is 2.40. The first kappa shape index (κ1) is 13.5. The van der Waals surface area contributed by atoms with Crippen molar-refractivity contribution in [3.63, 3.8) is 0 Å². The summed E-state index contributed by atoms with van der Waals surface area (Å²) < 4.78 is 7.41. The van der Waals surface area contributed by atoms with Crippen molar-refractivity contribution in [2.24, 2.45) is 0 Å². The molecule has 2 aromatic heterocycles. The maximum Gasteiger partial charge on any atom is 0.278 e. The Morgan fingerprint density at radius 3 is 2.79 bits per heavy atom. The van der Waals surface area contributed by atoms with E-state index in [4.69, 9.17) is 4.52 Å². The first-order valence-electron chi connectivity index (χ1n) is 8.00. The van der Waals surface area contributed by atoms with Gasteiger partial charge in [-0.3, -0.25) is 9.36 Å². The van der Waals surface area contributed by atoms with Crippen LogP contribution >= 0.6 is 0 Å². The molecule has 1 fully saturated rings. The molecule has 1 aliphatic carbocycles. The van der Waals surface area contributed by atoms with Crippen LogP contribution in [-0.4, -0.2) is 25.6 Å². The summed E-state index contributed by atoms with van der Waals surface area (Å²) in [5, 5.41) is 4.07. The van der Waals surface area contributed by atoms with E-state index < -0.39 is 0 Å². The molecule has 7 heteroatoms. The number of hydrogen-bond donors (Lipinski definition) is 0. The molecule has 0 saturated heterocycles. The number of imidazole rings is 1. The van der Waals surface area contributed by atoms with Crippen molar-refractivity contribution in [3.8, 4) is 17.3 Å². The molecule has 0 bridgehead atoms. The van der Waals surface area contributed by atoms with Crippen LogP contribution < -0.4 is 4.90 Å². The van der Waals surface area contributed by atoms with Crippen molar-refractivity contribution in [1.82, 2.24) is 19.7 Å². The largest absolute Gasteiger partial charge is 0.332 e. The lowest BCUT2D eigenvalue weighted by Gasteiger charge is -2.29. The van der Waals surface area contributed by atoms with Gasteiger partial charge in [-0.1, -0.05) is 17.3 Å². The van der Waals surface area contributed by atoms with Crippen LogP contribution in [0.1, 0.15) is 37.2 Å². The quantitative estimate of drug-likeness (QED) is 0.725. The summed E-state index contributed by atoms with van der Waals surface area (Å²) in [7, 11) is 0. The van der Waals surface area contributed by atoms with Gasteiger partial charge in [-0.2, -0.15) is 4.98 Å². The summed E-state index contributed by atoms with van der Waals surface area (Å²) in [5.41, 5.74) is 3.34. The summed E-state index contributed by atoms with van der Waals surface area (Å²) in [6, 6.07) is 7.79. The van der Waals surface area contributed by atoms with Crippen molar-refractivity contribution in [2.45, 2.75) is 32.2 Å². The number of para-hydroxylation sites is 2. The molecule has 2 aliphatic rings. The van der Waals surface area contributed by atoms with Gasteiger partial charge < -0.3 is 9.42 Å². The van der Waals surface area contributed by atoms with Gasteiger partial charge in [-0.05, 0) is 25.0 Å². The Balaban J connectivity index is 1.65. The van der Waals surface area contributed by atoms with Gasteiger partial charge in [-0.25, -0.2) is 4.98 Å². The zero-order chi connectivity index (χ0) is 16.3. The SMILES string of the molecule is CC(=O)N1Cc2c(-c3nc(C4CC4)no3)ncn2-c2ccccc21. The van der Waals surface area contributed by atoms with E-state index in [2.05, 4.69) is 15.1 Å². The van der Waals surface area contributed by atoms with Gasteiger partial charge in [0.05, 0.1) is 23.6 Å². The number of amides is 1. The maximum absolute atomic E-state index is 12.1. The normalized spacial score (nSPS) is 16.0. The highest BCUT2D eigenvalue weighted by molar-refractivity contribution is 5.94.